The summed E-state index contributed by atoms with van der Waals surface area (Å²) in [6.45, 7) is 9.19. The van der Waals surface area contributed by atoms with Gasteiger partial charge in [0.05, 0.1) is 0 Å². The maximum Gasteiger partial charge on any atom is 0.325 e. The highest BCUT2D eigenvalue weighted by atomic mass is 16.2. The van der Waals surface area contributed by atoms with Crippen molar-refractivity contribution in [3.8, 4) is 0 Å². The van der Waals surface area contributed by atoms with Crippen LogP contribution in [0.15, 0.2) is 0 Å². The standard InChI is InChI=1S/C13H23N3O3/c1-6-13(7-2)10(18)14-11(19)16(13)8-9(17)15-12(3,4)5/h6-8H2,1-5H3,(H,15,17)(H,14,18,19). The first kappa shape index (κ1) is 15.5. The highest BCUT2D eigenvalue weighted by molar-refractivity contribution is 6.08. The van der Waals surface area contributed by atoms with E-state index in [4.69, 9.17) is 0 Å². The molecular weight excluding hydrogens is 246 g/mol. The van der Waals surface area contributed by atoms with Crippen LogP contribution in [-0.4, -0.2) is 40.4 Å². The van der Waals surface area contributed by atoms with E-state index in [0.717, 1.165) is 0 Å². The van der Waals surface area contributed by atoms with Crippen molar-refractivity contribution in [2.45, 2.75) is 58.5 Å². The summed E-state index contributed by atoms with van der Waals surface area (Å²) in [7, 11) is 0. The van der Waals surface area contributed by atoms with E-state index in [9.17, 15) is 14.4 Å². The van der Waals surface area contributed by atoms with Gasteiger partial charge in [-0.05, 0) is 33.6 Å². The summed E-state index contributed by atoms with van der Waals surface area (Å²) in [4.78, 5) is 37.1. The molecule has 19 heavy (non-hydrogen) atoms. The molecule has 0 unspecified atom stereocenters. The quantitative estimate of drug-likeness (QED) is 0.748. The maximum absolute atomic E-state index is 11.9. The van der Waals surface area contributed by atoms with Gasteiger partial charge < -0.3 is 10.2 Å². The number of nitrogens with zero attached hydrogens (tertiary/aromatic N) is 1. The third-order valence-corrected chi connectivity index (χ3v) is 3.39. The number of rotatable bonds is 4. The van der Waals surface area contributed by atoms with Gasteiger partial charge in [0.1, 0.15) is 12.1 Å². The lowest BCUT2D eigenvalue weighted by atomic mass is 9.91. The minimum absolute atomic E-state index is 0.101. The van der Waals surface area contributed by atoms with E-state index in [1.54, 1.807) is 0 Å². The van der Waals surface area contributed by atoms with E-state index in [1.165, 1.54) is 4.90 Å². The minimum atomic E-state index is -0.897. The Morgan fingerprint density at radius 2 is 1.79 bits per heavy atom. The molecule has 2 N–H and O–H groups in total. The number of imide groups is 1. The van der Waals surface area contributed by atoms with Crippen molar-refractivity contribution in [1.82, 2.24) is 15.5 Å². The Hall–Kier alpha value is -1.59. The molecule has 1 fully saturated rings. The Balaban J connectivity index is 2.88. The van der Waals surface area contributed by atoms with Crippen LogP contribution in [0.2, 0.25) is 0 Å². The second-order valence-electron chi connectivity index (χ2n) is 5.88. The topological polar surface area (TPSA) is 78.5 Å². The van der Waals surface area contributed by atoms with Gasteiger partial charge in [0.15, 0.2) is 0 Å². The molecule has 1 aliphatic heterocycles. The molecule has 0 aromatic carbocycles. The Morgan fingerprint density at radius 1 is 1.26 bits per heavy atom. The summed E-state index contributed by atoms with van der Waals surface area (Å²) >= 11 is 0. The lowest BCUT2D eigenvalue weighted by Gasteiger charge is -2.33. The number of urea groups is 1. The molecule has 6 heteroatoms. The molecule has 0 aromatic rings. The lowest BCUT2D eigenvalue weighted by Crippen LogP contribution is -2.54. The third-order valence-electron chi connectivity index (χ3n) is 3.39. The zero-order valence-corrected chi connectivity index (χ0v) is 12.3. The molecule has 0 aliphatic carbocycles. The van der Waals surface area contributed by atoms with Gasteiger partial charge >= 0.3 is 6.03 Å². The first-order valence-electron chi connectivity index (χ1n) is 6.60. The average Bonchev–Trinajstić information content (AvgIpc) is 2.49. The van der Waals surface area contributed by atoms with E-state index in [0.29, 0.717) is 12.8 Å². The molecule has 4 amide bonds. The van der Waals surface area contributed by atoms with Crippen LogP contribution in [0.1, 0.15) is 47.5 Å². The van der Waals surface area contributed by atoms with Gasteiger partial charge in [-0.25, -0.2) is 4.79 Å². The van der Waals surface area contributed by atoms with Crippen molar-refractivity contribution in [2.75, 3.05) is 6.54 Å². The van der Waals surface area contributed by atoms with Gasteiger partial charge in [0.25, 0.3) is 5.91 Å². The molecule has 1 aliphatic rings. The van der Waals surface area contributed by atoms with Crippen LogP contribution >= 0.6 is 0 Å². The van der Waals surface area contributed by atoms with Crippen LogP contribution in [0.5, 0.6) is 0 Å². The van der Waals surface area contributed by atoms with Crippen LogP contribution in [0.4, 0.5) is 4.79 Å². The van der Waals surface area contributed by atoms with Crippen LogP contribution in [0, 0.1) is 0 Å². The Labute approximate surface area is 113 Å². The number of amides is 4. The fourth-order valence-electron chi connectivity index (χ4n) is 2.38. The van der Waals surface area contributed by atoms with E-state index in [-0.39, 0.29) is 23.9 Å². The summed E-state index contributed by atoms with van der Waals surface area (Å²) in [5.41, 5.74) is -1.26. The molecule has 0 radical (unpaired) electrons. The zero-order chi connectivity index (χ0) is 14.8. The molecule has 1 rings (SSSR count). The van der Waals surface area contributed by atoms with Crippen molar-refractivity contribution in [2.24, 2.45) is 0 Å². The molecule has 0 saturated carbocycles. The van der Waals surface area contributed by atoms with E-state index >= 15 is 0 Å². The van der Waals surface area contributed by atoms with Crippen molar-refractivity contribution in [3.63, 3.8) is 0 Å². The van der Waals surface area contributed by atoms with Crippen LogP contribution in [0.25, 0.3) is 0 Å². The van der Waals surface area contributed by atoms with Crippen molar-refractivity contribution in [1.29, 1.82) is 0 Å². The number of nitrogens with one attached hydrogen (secondary N) is 2. The van der Waals surface area contributed by atoms with E-state index < -0.39 is 11.6 Å². The Morgan fingerprint density at radius 3 is 2.21 bits per heavy atom. The van der Waals surface area contributed by atoms with Crippen molar-refractivity contribution in [3.05, 3.63) is 0 Å². The normalized spacial score (nSPS) is 18.5. The van der Waals surface area contributed by atoms with Gasteiger partial charge in [-0.3, -0.25) is 14.9 Å². The van der Waals surface area contributed by atoms with Crippen molar-refractivity contribution >= 4 is 17.8 Å². The molecule has 0 aromatic heterocycles. The third kappa shape index (κ3) is 3.05. The fourth-order valence-corrected chi connectivity index (χ4v) is 2.38. The Bertz CT molecular complexity index is 394. The minimum Gasteiger partial charge on any atom is -0.350 e. The van der Waals surface area contributed by atoms with Crippen LogP contribution < -0.4 is 10.6 Å². The summed E-state index contributed by atoms with van der Waals surface area (Å²) in [6.07, 6.45) is 0.980. The fraction of sp³-hybridized carbons (Fsp3) is 0.769. The highest BCUT2D eigenvalue weighted by Gasteiger charge is 2.50. The second kappa shape index (κ2) is 5.19. The van der Waals surface area contributed by atoms with Crippen molar-refractivity contribution < 1.29 is 14.4 Å². The van der Waals surface area contributed by atoms with Gasteiger partial charge in [-0.1, -0.05) is 13.8 Å². The number of carbonyl (C=O) groups excluding carboxylic acids is 3. The monoisotopic (exact) mass is 269 g/mol. The lowest BCUT2D eigenvalue weighted by molar-refractivity contribution is -0.129. The molecule has 108 valence electrons. The smallest absolute Gasteiger partial charge is 0.325 e. The van der Waals surface area contributed by atoms with Crippen LogP contribution in [0.3, 0.4) is 0 Å². The number of carbonyl (C=O) groups is 3. The van der Waals surface area contributed by atoms with Gasteiger partial charge in [-0.2, -0.15) is 0 Å². The summed E-state index contributed by atoms with van der Waals surface area (Å²) in [5.74, 6) is -0.574. The molecule has 1 heterocycles. The highest BCUT2D eigenvalue weighted by Crippen LogP contribution is 2.28. The Kier molecular flexibility index (Phi) is 4.22. The van der Waals surface area contributed by atoms with Gasteiger partial charge in [-0.15, -0.1) is 0 Å². The second-order valence-corrected chi connectivity index (χ2v) is 5.88. The predicted molar refractivity (Wildman–Crippen MR) is 71.5 cm³/mol. The first-order valence-corrected chi connectivity index (χ1v) is 6.60. The summed E-state index contributed by atoms with van der Waals surface area (Å²) in [5, 5.41) is 5.09. The SMILES string of the molecule is CCC1(CC)C(=O)NC(=O)N1CC(=O)NC(C)(C)C. The molecule has 1 saturated heterocycles. The summed E-state index contributed by atoms with van der Waals surface area (Å²) < 4.78 is 0. The molecule has 0 atom stereocenters. The van der Waals surface area contributed by atoms with Gasteiger partial charge in [0, 0.05) is 5.54 Å². The summed E-state index contributed by atoms with van der Waals surface area (Å²) in [6, 6.07) is -0.488. The first-order chi connectivity index (χ1) is 8.66. The molecule has 0 spiro atoms. The molecule has 0 bridgehead atoms. The largest absolute Gasteiger partial charge is 0.350 e. The van der Waals surface area contributed by atoms with Gasteiger partial charge in [0.2, 0.25) is 5.91 Å². The zero-order valence-electron chi connectivity index (χ0n) is 12.3. The number of hydrogen-bond acceptors (Lipinski definition) is 3. The van der Waals surface area contributed by atoms with E-state index in [2.05, 4.69) is 10.6 Å². The predicted octanol–water partition coefficient (Wildman–Crippen LogP) is 1.01. The van der Waals surface area contributed by atoms with E-state index in [1.807, 2.05) is 34.6 Å². The number of hydrogen-bond donors (Lipinski definition) is 2. The average molecular weight is 269 g/mol. The van der Waals surface area contributed by atoms with Crippen LogP contribution in [-0.2, 0) is 9.59 Å². The molecule has 6 nitrogen and oxygen atoms in total. The maximum atomic E-state index is 11.9. The molecular formula is C13H23N3O3.